The maximum atomic E-state index is 14.2. The lowest BCUT2D eigenvalue weighted by atomic mass is 10.2. The Kier molecular flexibility index (Phi) is 7.41. The Morgan fingerprint density at radius 1 is 0.895 bits per heavy atom. The maximum absolute atomic E-state index is 14.2. The lowest BCUT2D eigenvalue weighted by Gasteiger charge is -2.28. The zero-order chi connectivity index (χ0) is 26.3. The number of carbonyl (C=O) groups excluding carboxylic acids is 1. The molecule has 1 aliphatic heterocycles. The Balaban J connectivity index is 1.17. The van der Waals surface area contributed by atoms with Crippen LogP contribution in [0.2, 0.25) is 0 Å². The first-order valence-electron chi connectivity index (χ1n) is 11.8. The molecule has 1 amide bonds. The highest BCUT2D eigenvalue weighted by molar-refractivity contribution is 5.93. The van der Waals surface area contributed by atoms with Crippen molar-refractivity contribution in [2.75, 3.05) is 47.3 Å². The van der Waals surface area contributed by atoms with Gasteiger partial charge in [-0.3, -0.25) is 15.6 Å². The Morgan fingerprint density at radius 2 is 1.61 bits per heavy atom. The second kappa shape index (κ2) is 11.4. The fourth-order valence-corrected chi connectivity index (χ4v) is 3.79. The van der Waals surface area contributed by atoms with Crippen molar-refractivity contribution < 1.29 is 19.0 Å². The SMILES string of the molecule is O=C(NNc1ncc(F)c(N2CCOCC2)n1)c1ccc(Nc2cccc(Nc3cccc(O)c3)c2)cn1. The van der Waals surface area contributed by atoms with Crippen LogP contribution in [-0.2, 0) is 4.74 Å². The molecule has 5 rings (SSSR count). The zero-order valence-electron chi connectivity index (χ0n) is 20.2. The summed E-state index contributed by atoms with van der Waals surface area (Å²) in [5.41, 5.74) is 8.33. The lowest BCUT2D eigenvalue weighted by molar-refractivity contribution is 0.0957. The Bertz CT molecular complexity index is 1410. The van der Waals surface area contributed by atoms with Crippen LogP contribution < -0.4 is 26.4 Å². The first-order valence-corrected chi connectivity index (χ1v) is 11.8. The molecule has 4 aromatic rings. The molecule has 11 nitrogen and oxygen atoms in total. The van der Waals surface area contributed by atoms with E-state index in [1.54, 1.807) is 35.2 Å². The van der Waals surface area contributed by atoms with Gasteiger partial charge in [0.25, 0.3) is 5.91 Å². The van der Waals surface area contributed by atoms with Gasteiger partial charge >= 0.3 is 0 Å². The van der Waals surface area contributed by atoms with Crippen LogP contribution in [0.15, 0.2) is 73.1 Å². The second-order valence-corrected chi connectivity index (χ2v) is 8.36. The monoisotopic (exact) mass is 516 g/mol. The van der Waals surface area contributed by atoms with Gasteiger partial charge in [0, 0.05) is 36.2 Å². The van der Waals surface area contributed by atoms with Crippen molar-refractivity contribution in [3.8, 4) is 5.75 Å². The fraction of sp³-hybridized carbons (Fsp3) is 0.154. The number of aromatic nitrogens is 3. The number of anilines is 6. The molecule has 12 heteroatoms. The number of nitrogens with one attached hydrogen (secondary N) is 4. The zero-order valence-corrected chi connectivity index (χ0v) is 20.2. The van der Waals surface area contributed by atoms with Crippen LogP contribution in [0.25, 0.3) is 0 Å². The molecule has 0 unspecified atom stereocenters. The van der Waals surface area contributed by atoms with Crippen LogP contribution >= 0.6 is 0 Å². The smallest absolute Gasteiger partial charge is 0.288 e. The van der Waals surface area contributed by atoms with Gasteiger partial charge in [-0.25, -0.2) is 14.4 Å². The topological polar surface area (TPSA) is 137 Å². The molecule has 1 fully saturated rings. The number of hydrogen-bond donors (Lipinski definition) is 5. The molecule has 0 spiro atoms. The van der Waals surface area contributed by atoms with Crippen molar-refractivity contribution in [1.82, 2.24) is 20.4 Å². The third kappa shape index (κ3) is 6.23. The fourth-order valence-electron chi connectivity index (χ4n) is 3.79. The number of phenols is 1. The van der Waals surface area contributed by atoms with Gasteiger partial charge in [0.05, 0.1) is 31.3 Å². The van der Waals surface area contributed by atoms with Gasteiger partial charge in [-0.05, 0) is 42.5 Å². The molecular weight excluding hydrogens is 491 g/mol. The van der Waals surface area contributed by atoms with Crippen molar-refractivity contribution in [2.24, 2.45) is 0 Å². The number of hydrazine groups is 1. The predicted octanol–water partition coefficient (Wildman–Crippen LogP) is 3.80. The molecule has 1 aliphatic rings. The number of morpholine rings is 1. The summed E-state index contributed by atoms with van der Waals surface area (Å²) in [5, 5.41) is 16.1. The number of rotatable bonds is 8. The maximum Gasteiger partial charge on any atom is 0.288 e. The number of hydrogen-bond acceptors (Lipinski definition) is 10. The largest absolute Gasteiger partial charge is 0.508 e. The van der Waals surface area contributed by atoms with Crippen LogP contribution in [0.5, 0.6) is 5.75 Å². The molecule has 2 aromatic carbocycles. The van der Waals surface area contributed by atoms with Crippen LogP contribution in [0, 0.1) is 5.82 Å². The minimum atomic E-state index is -0.547. The third-order valence-electron chi connectivity index (χ3n) is 5.61. The number of benzene rings is 2. The normalized spacial score (nSPS) is 13.0. The van der Waals surface area contributed by atoms with E-state index in [-0.39, 0.29) is 23.2 Å². The average Bonchev–Trinajstić information content (AvgIpc) is 2.93. The minimum Gasteiger partial charge on any atom is -0.508 e. The summed E-state index contributed by atoms with van der Waals surface area (Å²) in [6.07, 6.45) is 2.59. The van der Waals surface area contributed by atoms with Crippen LogP contribution in [-0.4, -0.2) is 52.3 Å². The molecule has 0 saturated carbocycles. The number of aromatic hydroxyl groups is 1. The van der Waals surface area contributed by atoms with Gasteiger partial charge in [-0.15, -0.1) is 0 Å². The van der Waals surface area contributed by atoms with E-state index in [1.165, 1.54) is 6.20 Å². The van der Waals surface area contributed by atoms with Crippen molar-refractivity contribution in [3.63, 3.8) is 0 Å². The quantitative estimate of drug-likeness (QED) is 0.220. The van der Waals surface area contributed by atoms with Crippen molar-refractivity contribution in [3.05, 3.63) is 84.6 Å². The summed E-state index contributed by atoms with van der Waals surface area (Å²) in [6, 6.07) is 17.7. The lowest BCUT2D eigenvalue weighted by Crippen LogP contribution is -2.38. The van der Waals surface area contributed by atoms with E-state index in [4.69, 9.17) is 4.74 Å². The van der Waals surface area contributed by atoms with E-state index in [9.17, 15) is 14.3 Å². The van der Waals surface area contributed by atoms with E-state index in [0.29, 0.717) is 32.0 Å². The first-order chi connectivity index (χ1) is 18.5. The summed E-state index contributed by atoms with van der Waals surface area (Å²) in [7, 11) is 0. The number of phenolic OH excluding ortho intramolecular Hbond substituents is 1. The highest BCUT2D eigenvalue weighted by Crippen LogP contribution is 2.24. The van der Waals surface area contributed by atoms with Crippen molar-refractivity contribution >= 4 is 40.4 Å². The summed E-state index contributed by atoms with van der Waals surface area (Å²) in [5.74, 6) is -0.671. The van der Waals surface area contributed by atoms with E-state index < -0.39 is 11.7 Å². The molecule has 3 heterocycles. The van der Waals surface area contributed by atoms with E-state index in [1.807, 2.05) is 30.3 Å². The molecule has 194 valence electrons. The number of pyridine rings is 1. The van der Waals surface area contributed by atoms with Crippen molar-refractivity contribution in [2.45, 2.75) is 0 Å². The van der Waals surface area contributed by atoms with Crippen LogP contribution in [0.4, 0.5) is 38.9 Å². The van der Waals surface area contributed by atoms with E-state index in [2.05, 4.69) is 36.4 Å². The van der Waals surface area contributed by atoms with Gasteiger partial charge in [0.2, 0.25) is 5.95 Å². The van der Waals surface area contributed by atoms with Gasteiger partial charge in [-0.1, -0.05) is 12.1 Å². The number of carbonyl (C=O) groups is 1. The summed E-state index contributed by atoms with van der Waals surface area (Å²) >= 11 is 0. The molecule has 0 radical (unpaired) electrons. The first kappa shape index (κ1) is 24.7. The summed E-state index contributed by atoms with van der Waals surface area (Å²) < 4.78 is 19.5. The van der Waals surface area contributed by atoms with Gasteiger partial charge < -0.3 is 25.4 Å². The molecule has 1 saturated heterocycles. The molecule has 0 bridgehead atoms. The number of nitrogens with zero attached hydrogens (tertiary/aromatic N) is 4. The van der Waals surface area contributed by atoms with Crippen LogP contribution in [0.3, 0.4) is 0 Å². The molecule has 0 aliphatic carbocycles. The van der Waals surface area contributed by atoms with Gasteiger partial charge in [-0.2, -0.15) is 4.98 Å². The van der Waals surface area contributed by atoms with E-state index >= 15 is 0 Å². The third-order valence-corrected chi connectivity index (χ3v) is 5.61. The average molecular weight is 517 g/mol. The summed E-state index contributed by atoms with van der Waals surface area (Å²) in [6.45, 7) is 2.01. The Hall–Kier alpha value is -4.97. The highest BCUT2D eigenvalue weighted by Gasteiger charge is 2.18. The molecular formula is C26H25FN8O3. The number of amides is 1. The molecule has 0 atom stereocenters. The van der Waals surface area contributed by atoms with Gasteiger partial charge in [0.15, 0.2) is 11.6 Å². The Labute approximate surface area is 217 Å². The highest BCUT2D eigenvalue weighted by atomic mass is 19.1. The second-order valence-electron chi connectivity index (χ2n) is 8.36. The Morgan fingerprint density at radius 3 is 2.32 bits per heavy atom. The van der Waals surface area contributed by atoms with Crippen molar-refractivity contribution in [1.29, 1.82) is 0 Å². The minimum absolute atomic E-state index is 0.0544. The molecule has 38 heavy (non-hydrogen) atoms. The molecule has 5 N–H and O–H groups in total. The summed E-state index contributed by atoms with van der Waals surface area (Å²) in [4.78, 5) is 26.6. The number of ether oxygens (including phenoxy) is 1. The number of halogens is 1. The standard InChI is InChI=1S/C26H25FN8O3/c27-22-16-29-26(32-24(22)35-9-11-38-12-10-35)34-33-25(37)23-8-7-20(15-28-23)31-18-4-1-3-17(13-18)30-19-5-2-6-21(36)14-19/h1-8,13-16,30-31,36H,9-12H2,(H,33,37)(H,29,32,34). The predicted molar refractivity (Wildman–Crippen MR) is 141 cm³/mol. The van der Waals surface area contributed by atoms with E-state index in [0.717, 1.165) is 23.3 Å². The van der Waals surface area contributed by atoms with Crippen LogP contribution in [0.1, 0.15) is 10.5 Å². The van der Waals surface area contributed by atoms with Gasteiger partial charge in [0.1, 0.15) is 11.4 Å². The molecule has 2 aromatic heterocycles.